The van der Waals surface area contributed by atoms with Crippen LogP contribution >= 0.6 is 11.6 Å². The molecule has 0 unspecified atom stereocenters. The Labute approximate surface area is 132 Å². The highest BCUT2D eigenvalue weighted by Crippen LogP contribution is 2.20. The van der Waals surface area contributed by atoms with Gasteiger partial charge in [0.15, 0.2) is 0 Å². The van der Waals surface area contributed by atoms with Gasteiger partial charge in [-0.1, -0.05) is 23.7 Å². The van der Waals surface area contributed by atoms with Crippen molar-refractivity contribution >= 4 is 17.5 Å². The number of halogens is 1. The average molecular weight is 313 g/mol. The van der Waals surface area contributed by atoms with Crippen LogP contribution in [0.2, 0.25) is 5.02 Å². The highest BCUT2D eigenvalue weighted by atomic mass is 35.5. The van der Waals surface area contributed by atoms with Gasteiger partial charge in [0, 0.05) is 30.0 Å². The van der Waals surface area contributed by atoms with Gasteiger partial charge in [-0.2, -0.15) is 5.10 Å². The first-order valence-electron chi connectivity index (χ1n) is 6.64. The zero-order chi connectivity index (χ0) is 15.4. The fourth-order valence-electron chi connectivity index (χ4n) is 1.94. The molecule has 110 valence electrons. The van der Waals surface area contributed by atoms with Crippen molar-refractivity contribution in [2.75, 3.05) is 11.9 Å². The summed E-state index contributed by atoms with van der Waals surface area (Å²) in [5.74, 6) is 0.526. The Morgan fingerprint density at radius 1 is 1.09 bits per heavy atom. The Hall–Kier alpha value is -2.60. The number of aromatic nitrogens is 5. The molecule has 0 aliphatic rings. The number of hydrogen-bond acceptors (Lipinski definition) is 6. The fraction of sp³-hybridized carbons (Fsp3) is 0.133. The van der Waals surface area contributed by atoms with E-state index in [-0.39, 0.29) is 0 Å². The van der Waals surface area contributed by atoms with Crippen LogP contribution in [0.4, 0.5) is 5.95 Å². The molecule has 7 heteroatoms. The van der Waals surface area contributed by atoms with Gasteiger partial charge >= 0.3 is 0 Å². The molecule has 2 aromatic heterocycles. The lowest BCUT2D eigenvalue weighted by molar-refractivity contribution is 0.808. The SMILES string of the molecule is CN(Cc1cnccn1)c1nncc(-c2ccc(Cl)cc2)n1. The van der Waals surface area contributed by atoms with Crippen LogP contribution in [0.5, 0.6) is 0 Å². The highest BCUT2D eigenvalue weighted by Gasteiger charge is 2.09. The van der Waals surface area contributed by atoms with Crippen LogP contribution in [-0.4, -0.2) is 32.2 Å². The molecule has 0 atom stereocenters. The molecule has 6 nitrogen and oxygen atoms in total. The van der Waals surface area contributed by atoms with E-state index in [1.165, 1.54) is 0 Å². The van der Waals surface area contributed by atoms with Crippen LogP contribution < -0.4 is 4.90 Å². The third kappa shape index (κ3) is 3.35. The fourth-order valence-corrected chi connectivity index (χ4v) is 2.07. The van der Waals surface area contributed by atoms with E-state index in [4.69, 9.17) is 11.6 Å². The van der Waals surface area contributed by atoms with E-state index < -0.39 is 0 Å². The molecule has 0 radical (unpaired) electrons. The summed E-state index contributed by atoms with van der Waals surface area (Å²) < 4.78 is 0. The van der Waals surface area contributed by atoms with Gasteiger partial charge in [0.25, 0.3) is 0 Å². The predicted octanol–water partition coefficient (Wildman–Crippen LogP) is 2.62. The Balaban J connectivity index is 1.83. The van der Waals surface area contributed by atoms with E-state index in [1.807, 2.05) is 36.2 Å². The molecule has 0 saturated carbocycles. The second-order valence-corrected chi connectivity index (χ2v) is 5.14. The summed E-state index contributed by atoms with van der Waals surface area (Å²) >= 11 is 5.90. The summed E-state index contributed by atoms with van der Waals surface area (Å²) in [6.07, 6.45) is 6.64. The molecule has 0 amide bonds. The van der Waals surface area contributed by atoms with Crippen molar-refractivity contribution in [1.82, 2.24) is 25.1 Å². The highest BCUT2D eigenvalue weighted by molar-refractivity contribution is 6.30. The Bertz CT molecular complexity index is 747. The lowest BCUT2D eigenvalue weighted by Gasteiger charge is -2.16. The summed E-state index contributed by atoms with van der Waals surface area (Å²) in [5, 5.41) is 8.78. The molecule has 0 bridgehead atoms. The molecular formula is C15H13ClN6. The van der Waals surface area contributed by atoms with Crippen LogP contribution in [-0.2, 0) is 6.54 Å². The van der Waals surface area contributed by atoms with Crippen molar-refractivity contribution in [2.45, 2.75) is 6.54 Å². The third-order valence-corrected chi connectivity index (χ3v) is 3.30. The van der Waals surface area contributed by atoms with E-state index in [9.17, 15) is 0 Å². The predicted molar refractivity (Wildman–Crippen MR) is 84.4 cm³/mol. The third-order valence-electron chi connectivity index (χ3n) is 3.04. The van der Waals surface area contributed by atoms with E-state index in [0.29, 0.717) is 17.5 Å². The monoisotopic (exact) mass is 312 g/mol. The summed E-state index contributed by atoms with van der Waals surface area (Å²) in [5.41, 5.74) is 2.52. The van der Waals surface area contributed by atoms with Crippen molar-refractivity contribution in [2.24, 2.45) is 0 Å². The molecular weight excluding hydrogens is 300 g/mol. The van der Waals surface area contributed by atoms with Crippen LogP contribution in [0, 0.1) is 0 Å². The first-order chi connectivity index (χ1) is 10.7. The molecule has 0 N–H and O–H groups in total. The van der Waals surface area contributed by atoms with Gasteiger partial charge in [0.2, 0.25) is 5.95 Å². The molecule has 22 heavy (non-hydrogen) atoms. The summed E-state index contributed by atoms with van der Waals surface area (Å²) in [6.45, 7) is 0.555. The van der Waals surface area contributed by atoms with Gasteiger partial charge < -0.3 is 4.90 Å². The molecule has 0 aliphatic carbocycles. The largest absolute Gasteiger partial charge is 0.337 e. The molecule has 0 spiro atoms. The molecule has 2 heterocycles. The zero-order valence-electron chi connectivity index (χ0n) is 11.9. The summed E-state index contributed by atoms with van der Waals surface area (Å²) in [7, 11) is 1.89. The zero-order valence-corrected chi connectivity index (χ0v) is 12.6. The standard InChI is InChI=1S/C15H13ClN6/c1-22(10-13-8-17-6-7-18-13)15-20-14(9-19-21-15)11-2-4-12(16)5-3-11/h2-9H,10H2,1H3. The lowest BCUT2D eigenvalue weighted by Crippen LogP contribution is -2.20. The van der Waals surface area contributed by atoms with Crippen LogP contribution in [0.3, 0.4) is 0 Å². The number of benzene rings is 1. The molecule has 0 fully saturated rings. The minimum Gasteiger partial charge on any atom is -0.337 e. The maximum atomic E-state index is 5.90. The Morgan fingerprint density at radius 3 is 2.64 bits per heavy atom. The van der Waals surface area contributed by atoms with Crippen LogP contribution in [0.15, 0.2) is 49.1 Å². The quantitative estimate of drug-likeness (QED) is 0.737. The first kappa shape index (κ1) is 14.3. The van der Waals surface area contributed by atoms with E-state index >= 15 is 0 Å². The van der Waals surface area contributed by atoms with E-state index in [2.05, 4.69) is 25.1 Å². The van der Waals surface area contributed by atoms with Crippen molar-refractivity contribution in [3.63, 3.8) is 0 Å². The van der Waals surface area contributed by atoms with E-state index in [1.54, 1.807) is 24.8 Å². The van der Waals surface area contributed by atoms with Gasteiger partial charge in [0.1, 0.15) is 0 Å². The molecule has 3 aromatic rings. The first-order valence-corrected chi connectivity index (χ1v) is 7.02. The van der Waals surface area contributed by atoms with Crippen molar-refractivity contribution < 1.29 is 0 Å². The van der Waals surface area contributed by atoms with Crippen molar-refractivity contribution in [1.29, 1.82) is 0 Å². The number of nitrogens with zero attached hydrogens (tertiary/aromatic N) is 6. The molecule has 0 saturated heterocycles. The smallest absolute Gasteiger partial charge is 0.246 e. The molecule has 1 aromatic carbocycles. The average Bonchev–Trinajstić information content (AvgIpc) is 2.56. The number of hydrogen-bond donors (Lipinski definition) is 0. The minimum absolute atomic E-state index is 0.526. The topological polar surface area (TPSA) is 67.7 Å². The van der Waals surface area contributed by atoms with Gasteiger partial charge in [-0.15, -0.1) is 5.10 Å². The van der Waals surface area contributed by atoms with Gasteiger partial charge in [0.05, 0.1) is 30.3 Å². The number of rotatable bonds is 4. The van der Waals surface area contributed by atoms with Crippen LogP contribution in [0.1, 0.15) is 5.69 Å². The lowest BCUT2D eigenvalue weighted by atomic mass is 10.2. The van der Waals surface area contributed by atoms with Crippen molar-refractivity contribution in [3.05, 3.63) is 59.8 Å². The van der Waals surface area contributed by atoms with Gasteiger partial charge in [-0.3, -0.25) is 9.97 Å². The second-order valence-electron chi connectivity index (χ2n) is 4.70. The van der Waals surface area contributed by atoms with Crippen LogP contribution in [0.25, 0.3) is 11.3 Å². The summed E-state index contributed by atoms with van der Waals surface area (Å²) in [4.78, 5) is 14.7. The van der Waals surface area contributed by atoms with E-state index in [0.717, 1.165) is 17.0 Å². The Morgan fingerprint density at radius 2 is 1.91 bits per heavy atom. The molecule has 3 rings (SSSR count). The second kappa shape index (κ2) is 6.44. The molecule has 0 aliphatic heterocycles. The summed E-state index contributed by atoms with van der Waals surface area (Å²) in [6, 6.07) is 7.45. The maximum absolute atomic E-state index is 5.90. The van der Waals surface area contributed by atoms with Crippen molar-refractivity contribution in [3.8, 4) is 11.3 Å². The number of anilines is 1. The van der Waals surface area contributed by atoms with Gasteiger partial charge in [-0.05, 0) is 12.1 Å². The normalized spacial score (nSPS) is 10.5. The minimum atomic E-state index is 0.526. The maximum Gasteiger partial charge on any atom is 0.246 e. The van der Waals surface area contributed by atoms with Gasteiger partial charge in [-0.25, -0.2) is 4.98 Å². The Kier molecular flexibility index (Phi) is 4.20.